The number of rotatable bonds is 4. The fourth-order valence-electron chi connectivity index (χ4n) is 3.77. The first-order valence-corrected chi connectivity index (χ1v) is 7.99. The van der Waals surface area contributed by atoms with E-state index in [9.17, 15) is 0 Å². The molecule has 1 aliphatic carbocycles. The minimum absolute atomic E-state index is 0.244. The van der Waals surface area contributed by atoms with E-state index in [0.717, 1.165) is 19.4 Å². The van der Waals surface area contributed by atoms with Crippen LogP contribution in [-0.2, 0) is 17.7 Å². The Morgan fingerprint density at radius 2 is 2.16 bits per heavy atom. The van der Waals surface area contributed by atoms with Gasteiger partial charge in [0.25, 0.3) is 0 Å². The van der Waals surface area contributed by atoms with Crippen LogP contribution in [0, 0.1) is 0 Å². The zero-order valence-electron chi connectivity index (χ0n) is 12.1. The van der Waals surface area contributed by atoms with Gasteiger partial charge in [0.15, 0.2) is 0 Å². The summed E-state index contributed by atoms with van der Waals surface area (Å²) in [5.41, 5.74) is 0.244. The summed E-state index contributed by atoms with van der Waals surface area (Å²) in [4.78, 5) is 4.46. The van der Waals surface area contributed by atoms with Crippen molar-refractivity contribution in [1.82, 2.24) is 9.55 Å². The highest BCUT2D eigenvalue weighted by molar-refractivity contribution is 4.96. The second-order valence-electron chi connectivity index (χ2n) is 6.27. The highest BCUT2D eigenvalue weighted by atomic mass is 16.5. The van der Waals surface area contributed by atoms with Gasteiger partial charge in [-0.2, -0.15) is 0 Å². The summed E-state index contributed by atoms with van der Waals surface area (Å²) in [6, 6.07) is 0. The van der Waals surface area contributed by atoms with E-state index in [2.05, 4.69) is 22.7 Å². The van der Waals surface area contributed by atoms with Gasteiger partial charge in [-0.1, -0.05) is 26.2 Å². The first kappa shape index (κ1) is 13.2. The number of aromatic nitrogens is 2. The molecule has 0 aromatic carbocycles. The van der Waals surface area contributed by atoms with Gasteiger partial charge in [0, 0.05) is 18.8 Å². The highest BCUT2D eigenvalue weighted by Crippen LogP contribution is 2.42. The highest BCUT2D eigenvalue weighted by Gasteiger charge is 2.40. The third-order valence-corrected chi connectivity index (χ3v) is 4.78. The first-order chi connectivity index (χ1) is 9.31. The van der Waals surface area contributed by atoms with Crippen LogP contribution in [0.15, 0.2) is 12.4 Å². The van der Waals surface area contributed by atoms with Crippen LogP contribution in [0.1, 0.15) is 64.1 Å². The van der Waals surface area contributed by atoms with Crippen molar-refractivity contribution >= 4 is 0 Å². The molecule has 1 aromatic rings. The molecule has 1 saturated carbocycles. The second-order valence-corrected chi connectivity index (χ2v) is 6.27. The van der Waals surface area contributed by atoms with Crippen LogP contribution in [0.25, 0.3) is 0 Å². The van der Waals surface area contributed by atoms with Crippen LogP contribution < -0.4 is 0 Å². The maximum Gasteiger partial charge on any atom is 0.108 e. The molecule has 106 valence electrons. The summed E-state index contributed by atoms with van der Waals surface area (Å²) in [5.74, 6) is 1.22. The van der Waals surface area contributed by atoms with Crippen molar-refractivity contribution in [1.29, 1.82) is 0 Å². The number of nitrogens with zero attached hydrogens (tertiary/aromatic N) is 2. The van der Waals surface area contributed by atoms with Crippen molar-refractivity contribution in [3.8, 4) is 0 Å². The Kier molecular flexibility index (Phi) is 3.92. The summed E-state index contributed by atoms with van der Waals surface area (Å²) in [6.07, 6.45) is 15.9. The molecular formula is C16H26N2O. The SMILES string of the molecule is CCCc1nccn1CC1CCC2(CCCCC2)O1. The first-order valence-electron chi connectivity index (χ1n) is 7.99. The average molecular weight is 262 g/mol. The molecule has 1 saturated heterocycles. The maximum atomic E-state index is 6.45. The van der Waals surface area contributed by atoms with Gasteiger partial charge in [-0.05, 0) is 32.1 Å². The molecular weight excluding hydrogens is 236 g/mol. The topological polar surface area (TPSA) is 27.1 Å². The van der Waals surface area contributed by atoms with Crippen molar-refractivity contribution in [2.75, 3.05) is 0 Å². The van der Waals surface area contributed by atoms with Crippen LogP contribution >= 0.6 is 0 Å². The Balaban J connectivity index is 1.60. The van der Waals surface area contributed by atoms with Gasteiger partial charge in [-0.25, -0.2) is 4.98 Å². The van der Waals surface area contributed by atoms with Crippen molar-refractivity contribution in [2.24, 2.45) is 0 Å². The van der Waals surface area contributed by atoms with Crippen molar-refractivity contribution in [3.63, 3.8) is 0 Å². The molecule has 0 N–H and O–H groups in total. The third-order valence-electron chi connectivity index (χ3n) is 4.78. The predicted molar refractivity (Wildman–Crippen MR) is 76.1 cm³/mol. The van der Waals surface area contributed by atoms with E-state index < -0.39 is 0 Å². The lowest BCUT2D eigenvalue weighted by atomic mass is 9.83. The van der Waals surface area contributed by atoms with Crippen molar-refractivity contribution in [3.05, 3.63) is 18.2 Å². The van der Waals surface area contributed by atoms with Crippen LogP contribution in [0.5, 0.6) is 0 Å². The Morgan fingerprint density at radius 3 is 2.95 bits per heavy atom. The number of hydrogen-bond donors (Lipinski definition) is 0. The molecule has 2 fully saturated rings. The van der Waals surface area contributed by atoms with Gasteiger partial charge in [0.1, 0.15) is 5.82 Å². The van der Waals surface area contributed by atoms with E-state index in [1.165, 1.54) is 50.8 Å². The molecule has 0 amide bonds. The van der Waals surface area contributed by atoms with E-state index >= 15 is 0 Å². The molecule has 19 heavy (non-hydrogen) atoms. The van der Waals surface area contributed by atoms with Crippen LogP contribution in [0.2, 0.25) is 0 Å². The van der Waals surface area contributed by atoms with E-state index in [0.29, 0.717) is 6.10 Å². The van der Waals surface area contributed by atoms with Crippen molar-refractivity contribution < 1.29 is 4.74 Å². The third kappa shape index (κ3) is 2.86. The lowest BCUT2D eigenvalue weighted by Gasteiger charge is -2.33. The molecule has 1 unspecified atom stereocenters. The number of aryl methyl sites for hydroxylation is 1. The predicted octanol–water partition coefficient (Wildman–Crippen LogP) is 3.72. The van der Waals surface area contributed by atoms with Crippen molar-refractivity contribution in [2.45, 2.75) is 83.0 Å². The molecule has 1 spiro atoms. The standard InChI is InChI=1S/C16H26N2O/c1-2-6-15-17-11-12-18(15)13-14-7-10-16(19-14)8-4-3-5-9-16/h11-12,14H,2-10,13H2,1H3. The molecule has 1 aliphatic heterocycles. The Morgan fingerprint density at radius 1 is 1.32 bits per heavy atom. The fourth-order valence-corrected chi connectivity index (χ4v) is 3.77. The molecule has 3 rings (SSSR count). The molecule has 1 aromatic heterocycles. The van der Waals surface area contributed by atoms with Gasteiger partial charge in [-0.15, -0.1) is 0 Å². The number of imidazole rings is 1. The minimum atomic E-state index is 0.244. The Hall–Kier alpha value is -0.830. The molecule has 2 heterocycles. The van der Waals surface area contributed by atoms with Gasteiger partial charge >= 0.3 is 0 Å². The number of ether oxygens (including phenoxy) is 1. The zero-order valence-corrected chi connectivity index (χ0v) is 12.1. The van der Waals surface area contributed by atoms with Crippen LogP contribution in [0.4, 0.5) is 0 Å². The Bertz CT molecular complexity index is 407. The van der Waals surface area contributed by atoms with E-state index in [-0.39, 0.29) is 5.60 Å². The molecule has 1 atom stereocenters. The van der Waals surface area contributed by atoms with Gasteiger partial charge in [0.05, 0.1) is 18.2 Å². The molecule has 2 aliphatic rings. The smallest absolute Gasteiger partial charge is 0.108 e. The minimum Gasteiger partial charge on any atom is -0.370 e. The molecule has 0 bridgehead atoms. The summed E-state index contributed by atoms with van der Waals surface area (Å²) >= 11 is 0. The van der Waals surface area contributed by atoms with Gasteiger partial charge in [0.2, 0.25) is 0 Å². The largest absolute Gasteiger partial charge is 0.370 e. The molecule has 0 radical (unpaired) electrons. The van der Waals surface area contributed by atoms with Gasteiger partial charge < -0.3 is 9.30 Å². The summed E-state index contributed by atoms with van der Waals surface area (Å²) < 4.78 is 8.75. The Labute approximate surface area is 116 Å². The van der Waals surface area contributed by atoms with E-state index in [1.807, 2.05) is 6.20 Å². The quantitative estimate of drug-likeness (QED) is 0.827. The monoisotopic (exact) mass is 262 g/mol. The van der Waals surface area contributed by atoms with Gasteiger partial charge in [-0.3, -0.25) is 0 Å². The fraction of sp³-hybridized carbons (Fsp3) is 0.812. The number of hydrogen-bond acceptors (Lipinski definition) is 2. The van der Waals surface area contributed by atoms with Crippen LogP contribution in [0.3, 0.4) is 0 Å². The van der Waals surface area contributed by atoms with Crippen LogP contribution in [-0.4, -0.2) is 21.3 Å². The zero-order chi connectivity index (χ0) is 13.1. The lowest BCUT2D eigenvalue weighted by Crippen LogP contribution is -2.32. The second kappa shape index (κ2) is 5.66. The lowest BCUT2D eigenvalue weighted by molar-refractivity contribution is -0.0681. The average Bonchev–Trinajstić information content (AvgIpc) is 3.00. The summed E-state index contributed by atoms with van der Waals surface area (Å²) in [7, 11) is 0. The summed E-state index contributed by atoms with van der Waals surface area (Å²) in [6.45, 7) is 3.21. The summed E-state index contributed by atoms with van der Waals surface area (Å²) in [5, 5.41) is 0. The molecule has 3 nitrogen and oxygen atoms in total. The van der Waals surface area contributed by atoms with E-state index in [1.54, 1.807) is 0 Å². The maximum absolute atomic E-state index is 6.45. The normalized spacial score (nSPS) is 26.1. The van der Waals surface area contributed by atoms with E-state index in [4.69, 9.17) is 4.74 Å². The molecule has 3 heteroatoms.